The van der Waals surface area contributed by atoms with Crippen molar-refractivity contribution in [2.24, 2.45) is 39.3 Å². The molecule has 2 spiro atoms. The normalized spacial score (nSPS) is 41.3. The van der Waals surface area contributed by atoms with Gasteiger partial charge in [0.2, 0.25) is 0 Å². The average molecular weight is 487 g/mol. The van der Waals surface area contributed by atoms with Gasteiger partial charge in [-0.2, -0.15) is 0 Å². The first kappa shape index (κ1) is 24.8. The van der Waals surface area contributed by atoms with E-state index in [1.807, 2.05) is 18.1 Å². The van der Waals surface area contributed by atoms with Crippen molar-refractivity contribution in [3.05, 3.63) is 23.4 Å². The standard InChI is InChI=1S/C27H42N4O4/c1-17-8-9-18-12-21-22(23(32)33)25(34,16-35-20-6-4-5-7-20)14-26(17,21)27(18)15-31(24(28)30-3)11-10-19(27)13-29-2/h10-11,17-20,29,34H,4-9,12-16H2,1-3H3,(H2,28,30)(H,32,33). The highest BCUT2D eigenvalue weighted by atomic mass is 16.5. The molecule has 5 N–H and O–H groups in total. The van der Waals surface area contributed by atoms with Gasteiger partial charge in [0.05, 0.1) is 18.3 Å². The fraction of sp³-hybridized carbons (Fsp3) is 0.778. The number of aliphatic imine (C=N–C) groups is 1. The summed E-state index contributed by atoms with van der Waals surface area (Å²) in [5, 5.41) is 26.0. The molecule has 1 heterocycles. The third kappa shape index (κ3) is 3.43. The molecule has 35 heavy (non-hydrogen) atoms. The molecule has 0 saturated heterocycles. The number of ether oxygens (including phenoxy) is 1. The summed E-state index contributed by atoms with van der Waals surface area (Å²) in [6.45, 7) is 3.81. The summed E-state index contributed by atoms with van der Waals surface area (Å²) in [4.78, 5) is 19.1. The van der Waals surface area contributed by atoms with Crippen molar-refractivity contribution < 1.29 is 19.7 Å². The molecule has 0 radical (unpaired) electrons. The third-order valence-corrected chi connectivity index (χ3v) is 10.3. The molecule has 1 aliphatic heterocycles. The van der Waals surface area contributed by atoms with E-state index in [1.165, 1.54) is 0 Å². The van der Waals surface area contributed by atoms with Gasteiger partial charge in [0.15, 0.2) is 5.96 Å². The first-order valence-corrected chi connectivity index (χ1v) is 13.4. The zero-order chi connectivity index (χ0) is 25.0. The van der Waals surface area contributed by atoms with Gasteiger partial charge >= 0.3 is 5.97 Å². The molecule has 3 fully saturated rings. The first-order chi connectivity index (χ1) is 16.7. The molecule has 8 heteroatoms. The molecule has 3 saturated carbocycles. The van der Waals surface area contributed by atoms with Crippen LogP contribution in [0.15, 0.2) is 28.4 Å². The van der Waals surface area contributed by atoms with Crippen LogP contribution in [0.5, 0.6) is 0 Å². The number of nitrogens with zero attached hydrogens (tertiary/aromatic N) is 2. The van der Waals surface area contributed by atoms with Crippen LogP contribution in [0.3, 0.4) is 0 Å². The Morgan fingerprint density at radius 1 is 1.31 bits per heavy atom. The molecule has 0 aromatic carbocycles. The highest BCUT2D eigenvalue weighted by Gasteiger charge is 2.74. The Kier molecular flexibility index (Phi) is 6.29. The van der Waals surface area contributed by atoms with Crippen LogP contribution in [0, 0.1) is 28.6 Å². The van der Waals surface area contributed by atoms with Gasteiger partial charge in [-0.25, -0.2) is 4.79 Å². The van der Waals surface area contributed by atoms with E-state index in [4.69, 9.17) is 10.5 Å². The van der Waals surface area contributed by atoms with E-state index in [0.717, 1.165) is 57.1 Å². The lowest BCUT2D eigenvalue weighted by atomic mass is 9.46. The van der Waals surface area contributed by atoms with Gasteiger partial charge in [0.25, 0.3) is 0 Å². The zero-order valence-corrected chi connectivity index (χ0v) is 21.4. The van der Waals surface area contributed by atoms with Gasteiger partial charge in [0, 0.05) is 37.2 Å². The lowest BCUT2D eigenvalue weighted by Crippen LogP contribution is -2.62. The van der Waals surface area contributed by atoms with Crippen molar-refractivity contribution >= 4 is 11.9 Å². The molecule has 0 aromatic heterocycles. The topological polar surface area (TPSA) is 120 Å². The number of allylic oxidation sites excluding steroid dienone is 1. The van der Waals surface area contributed by atoms with E-state index in [9.17, 15) is 15.0 Å². The van der Waals surface area contributed by atoms with Crippen molar-refractivity contribution in [2.45, 2.75) is 70.0 Å². The van der Waals surface area contributed by atoms with Crippen molar-refractivity contribution in [1.29, 1.82) is 0 Å². The number of aliphatic carboxylic acids is 1. The molecular formula is C27H42N4O4. The van der Waals surface area contributed by atoms with Crippen LogP contribution in [0.25, 0.3) is 0 Å². The Morgan fingerprint density at radius 2 is 2.06 bits per heavy atom. The predicted octanol–water partition coefficient (Wildman–Crippen LogP) is 2.49. The van der Waals surface area contributed by atoms with Crippen molar-refractivity contribution in [3.63, 3.8) is 0 Å². The van der Waals surface area contributed by atoms with Crippen LogP contribution in [0.4, 0.5) is 0 Å². The summed E-state index contributed by atoms with van der Waals surface area (Å²) in [5.41, 5.74) is 5.36. The number of nitrogens with one attached hydrogen (secondary N) is 1. The number of carboxylic acid groups (broad SMARTS) is 1. The van der Waals surface area contributed by atoms with E-state index in [1.54, 1.807) is 7.05 Å². The Balaban J connectivity index is 1.64. The smallest absolute Gasteiger partial charge is 0.334 e. The van der Waals surface area contributed by atoms with Crippen molar-refractivity contribution in [3.8, 4) is 0 Å². The minimum Gasteiger partial charge on any atom is -0.478 e. The Hall–Kier alpha value is -1.90. The molecule has 8 nitrogen and oxygen atoms in total. The minimum absolute atomic E-state index is 0.0623. The van der Waals surface area contributed by atoms with Crippen LogP contribution < -0.4 is 11.1 Å². The summed E-state index contributed by atoms with van der Waals surface area (Å²) < 4.78 is 6.21. The van der Waals surface area contributed by atoms with Crippen LogP contribution in [-0.4, -0.2) is 72.5 Å². The zero-order valence-electron chi connectivity index (χ0n) is 21.4. The SMILES string of the molecule is CN=C(N)N1C=CC(CNC)C2(C1)C1CCC(C)C23CC(O)(COC2CCCC2)C(C(=O)O)=C3C1. The molecule has 0 amide bonds. The molecule has 194 valence electrons. The van der Waals surface area contributed by atoms with Crippen molar-refractivity contribution in [2.75, 3.05) is 33.8 Å². The van der Waals surface area contributed by atoms with Crippen LogP contribution in [-0.2, 0) is 9.53 Å². The maximum absolute atomic E-state index is 12.8. The Labute approximate surface area is 208 Å². The van der Waals surface area contributed by atoms with Crippen LogP contribution in [0.2, 0.25) is 0 Å². The average Bonchev–Trinajstić information content (AvgIpc) is 3.47. The molecule has 4 aliphatic carbocycles. The molecule has 6 atom stereocenters. The van der Waals surface area contributed by atoms with Gasteiger partial charge in [-0.1, -0.05) is 25.8 Å². The number of hydrogen-bond acceptors (Lipinski definition) is 5. The monoisotopic (exact) mass is 486 g/mol. The van der Waals surface area contributed by atoms with Gasteiger partial charge in [-0.15, -0.1) is 0 Å². The van der Waals surface area contributed by atoms with E-state index in [0.29, 0.717) is 24.8 Å². The number of carbonyl (C=O) groups is 1. The lowest BCUT2D eigenvalue weighted by Gasteiger charge is -2.61. The molecular weight excluding hydrogens is 444 g/mol. The quantitative estimate of drug-likeness (QED) is 0.336. The Morgan fingerprint density at radius 3 is 2.71 bits per heavy atom. The number of hydrogen-bond donors (Lipinski definition) is 4. The fourth-order valence-electron chi connectivity index (χ4n) is 8.92. The predicted molar refractivity (Wildman–Crippen MR) is 135 cm³/mol. The number of aliphatic hydroxyl groups is 1. The summed E-state index contributed by atoms with van der Waals surface area (Å²) >= 11 is 0. The second-order valence-electron chi connectivity index (χ2n) is 11.7. The second kappa shape index (κ2) is 8.89. The van der Waals surface area contributed by atoms with Gasteiger partial charge in [-0.05, 0) is 68.9 Å². The number of nitrogens with two attached hydrogens (primary N) is 1. The highest BCUT2D eigenvalue weighted by molar-refractivity contribution is 5.92. The summed E-state index contributed by atoms with van der Waals surface area (Å²) in [6, 6.07) is 0. The third-order valence-electron chi connectivity index (χ3n) is 10.3. The largest absolute Gasteiger partial charge is 0.478 e. The second-order valence-corrected chi connectivity index (χ2v) is 11.7. The van der Waals surface area contributed by atoms with E-state index in [-0.39, 0.29) is 35.5 Å². The lowest BCUT2D eigenvalue weighted by molar-refractivity contribution is -0.141. The van der Waals surface area contributed by atoms with Crippen molar-refractivity contribution in [1.82, 2.24) is 10.2 Å². The minimum atomic E-state index is -1.48. The summed E-state index contributed by atoms with van der Waals surface area (Å²) in [6.07, 6.45) is 11.9. The maximum atomic E-state index is 12.8. The summed E-state index contributed by atoms with van der Waals surface area (Å²) in [5.74, 6) is 0.260. The number of guanidine groups is 1. The number of rotatable bonds is 6. The molecule has 5 rings (SSSR count). The first-order valence-electron chi connectivity index (χ1n) is 13.4. The van der Waals surface area contributed by atoms with Gasteiger partial charge in [0.1, 0.15) is 5.60 Å². The van der Waals surface area contributed by atoms with Gasteiger partial charge in [-0.3, -0.25) is 4.99 Å². The Bertz CT molecular complexity index is 957. The summed E-state index contributed by atoms with van der Waals surface area (Å²) in [7, 11) is 3.68. The van der Waals surface area contributed by atoms with Gasteiger partial charge < -0.3 is 30.9 Å². The molecule has 2 bridgehead atoms. The highest BCUT2D eigenvalue weighted by Crippen LogP contribution is 2.77. The molecule has 6 unspecified atom stereocenters. The maximum Gasteiger partial charge on any atom is 0.334 e. The van der Waals surface area contributed by atoms with Crippen LogP contribution >= 0.6 is 0 Å². The fourth-order valence-corrected chi connectivity index (χ4v) is 8.92. The van der Waals surface area contributed by atoms with E-state index in [2.05, 4.69) is 23.3 Å². The van der Waals surface area contributed by atoms with E-state index >= 15 is 0 Å². The number of carboxylic acids is 1. The molecule has 0 aromatic rings. The van der Waals surface area contributed by atoms with E-state index < -0.39 is 17.0 Å². The molecule has 5 aliphatic rings. The van der Waals surface area contributed by atoms with Crippen LogP contribution in [0.1, 0.15) is 58.3 Å².